The Morgan fingerprint density at radius 3 is 2.59 bits per heavy atom. The minimum Gasteiger partial charge on any atom is -0.372 e. The Hall–Kier alpha value is -3.08. The zero-order valence-electron chi connectivity index (χ0n) is 15.7. The lowest BCUT2D eigenvalue weighted by Gasteiger charge is -2.17. The Morgan fingerprint density at radius 2 is 1.81 bits per heavy atom. The molecule has 0 saturated carbocycles. The van der Waals surface area contributed by atoms with Gasteiger partial charge in [-0.3, -0.25) is 0 Å². The number of nitrogens with one attached hydrogen (secondary N) is 2. The predicted octanol–water partition coefficient (Wildman–Crippen LogP) is 4.74. The van der Waals surface area contributed by atoms with E-state index in [1.165, 1.54) is 29.7 Å². The number of hydrogen-bond donors (Lipinski definition) is 2. The minimum absolute atomic E-state index is 0.596. The van der Waals surface area contributed by atoms with Crippen LogP contribution in [0.15, 0.2) is 60.8 Å². The van der Waals surface area contributed by atoms with Crippen molar-refractivity contribution in [2.24, 2.45) is 0 Å². The molecule has 0 atom stereocenters. The van der Waals surface area contributed by atoms with E-state index in [9.17, 15) is 0 Å². The van der Waals surface area contributed by atoms with Crippen LogP contribution >= 0.6 is 0 Å². The first-order chi connectivity index (χ1) is 13.3. The van der Waals surface area contributed by atoms with E-state index < -0.39 is 0 Å². The number of benzene rings is 2. The SMILES string of the molecule is Cc1cccc(CNc2ccnc(Nc3ccc(N4CCCC4)cc3)n2)c1. The lowest BCUT2D eigenvalue weighted by molar-refractivity contribution is 0.949. The van der Waals surface area contributed by atoms with Crippen LogP contribution in [0.5, 0.6) is 0 Å². The summed E-state index contributed by atoms with van der Waals surface area (Å²) < 4.78 is 0. The summed E-state index contributed by atoms with van der Waals surface area (Å²) in [5.74, 6) is 1.40. The van der Waals surface area contributed by atoms with E-state index in [4.69, 9.17) is 0 Å². The molecule has 1 fully saturated rings. The maximum absolute atomic E-state index is 4.56. The zero-order chi connectivity index (χ0) is 18.5. The molecule has 5 nitrogen and oxygen atoms in total. The maximum Gasteiger partial charge on any atom is 0.229 e. The van der Waals surface area contributed by atoms with Gasteiger partial charge in [0.25, 0.3) is 0 Å². The predicted molar refractivity (Wildman–Crippen MR) is 112 cm³/mol. The van der Waals surface area contributed by atoms with Gasteiger partial charge in [0.2, 0.25) is 5.95 Å². The molecular weight excluding hydrogens is 334 g/mol. The highest BCUT2D eigenvalue weighted by Gasteiger charge is 2.11. The first kappa shape index (κ1) is 17.3. The van der Waals surface area contributed by atoms with Gasteiger partial charge in [0.05, 0.1) is 0 Å². The van der Waals surface area contributed by atoms with Gasteiger partial charge in [-0.05, 0) is 55.7 Å². The van der Waals surface area contributed by atoms with Crippen LogP contribution in [0.3, 0.4) is 0 Å². The zero-order valence-corrected chi connectivity index (χ0v) is 15.7. The first-order valence-electron chi connectivity index (χ1n) is 9.51. The highest BCUT2D eigenvalue weighted by Crippen LogP contribution is 2.23. The van der Waals surface area contributed by atoms with Crippen molar-refractivity contribution in [3.8, 4) is 0 Å². The van der Waals surface area contributed by atoms with Gasteiger partial charge in [0, 0.05) is 37.2 Å². The van der Waals surface area contributed by atoms with Crippen molar-refractivity contribution < 1.29 is 0 Å². The molecule has 1 aliphatic heterocycles. The van der Waals surface area contributed by atoms with Crippen molar-refractivity contribution >= 4 is 23.1 Å². The standard InChI is InChI=1S/C22H25N5/c1-17-5-4-6-18(15-17)16-24-21-11-12-23-22(26-21)25-19-7-9-20(10-8-19)27-13-2-3-14-27/h4-12,15H,2-3,13-14,16H2,1H3,(H2,23,24,25,26). The second kappa shape index (κ2) is 8.08. The second-order valence-electron chi connectivity index (χ2n) is 6.97. The van der Waals surface area contributed by atoms with E-state index in [-0.39, 0.29) is 0 Å². The van der Waals surface area contributed by atoms with Crippen LogP contribution < -0.4 is 15.5 Å². The van der Waals surface area contributed by atoms with Crippen LogP contribution in [0, 0.1) is 6.92 Å². The van der Waals surface area contributed by atoms with Crippen LogP contribution in [-0.2, 0) is 6.54 Å². The molecule has 5 heteroatoms. The molecular formula is C22H25N5. The second-order valence-corrected chi connectivity index (χ2v) is 6.97. The average molecular weight is 359 g/mol. The molecule has 2 heterocycles. The molecule has 1 aromatic heterocycles. The van der Waals surface area contributed by atoms with Gasteiger partial charge in [0.15, 0.2) is 0 Å². The summed E-state index contributed by atoms with van der Waals surface area (Å²) in [6.45, 7) is 5.16. The van der Waals surface area contributed by atoms with Crippen molar-refractivity contribution in [2.75, 3.05) is 28.6 Å². The van der Waals surface area contributed by atoms with Crippen LogP contribution in [0.4, 0.5) is 23.1 Å². The van der Waals surface area contributed by atoms with E-state index in [0.29, 0.717) is 5.95 Å². The number of anilines is 4. The number of nitrogens with zero attached hydrogens (tertiary/aromatic N) is 3. The molecule has 3 aromatic rings. The third-order valence-electron chi connectivity index (χ3n) is 4.81. The van der Waals surface area contributed by atoms with Gasteiger partial charge in [-0.2, -0.15) is 4.98 Å². The van der Waals surface area contributed by atoms with E-state index in [0.717, 1.165) is 31.1 Å². The summed E-state index contributed by atoms with van der Waals surface area (Å²) in [4.78, 5) is 11.3. The summed E-state index contributed by atoms with van der Waals surface area (Å²) in [6, 6.07) is 18.8. The molecule has 0 amide bonds. The highest BCUT2D eigenvalue weighted by atomic mass is 15.2. The fourth-order valence-electron chi connectivity index (χ4n) is 3.39. The van der Waals surface area contributed by atoms with Crippen LogP contribution in [0.2, 0.25) is 0 Å². The molecule has 138 valence electrons. The summed E-state index contributed by atoms with van der Waals surface area (Å²) in [5.41, 5.74) is 4.78. The molecule has 0 radical (unpaired) electrons. The molecule has 0 unspecified atom stereocenters. The van der Waals surface area contributed by atoms with Gasteiger partial charge in [0.1, 0.15) is 5.82 Å². The van der Waals surface area contributed by atoms with E-state index in [1.54, 1.807) is 6.20 Å². The lowest BCUT2D eigenvalue weighted by atomic mass is 10.1. The van der Waals surface area contributed by atoms with Crippen molar-refractivity contribution in [3.63, 3.8) is 0 Å². The first-order valence-corrected chi connectivity index (χ1v) is 9.51. The Balaban J connectivity index is 1.38. The van der Waals surface area contributed by atoms with Crippen LogP contribution in [-0.4, -0.2) is 23.1 Å². The molecule has 27 heavy (non-hydrogen) atoms. The lowest BCUT2D eigenvalue weighted by Crippen LogP contribution is -2.17. The summed E-state index contributed by atoms with van der Waals surface area (Å²) >= 11 is 0. The van der Waals surface area contributed by atoms with Gasteiger partial charge in [-0.25, -0.2) is 4.98 Å². The minimum atomic E-state index is 0.596. The van der Waals surface area contributed by atoms with Gasteiger partial charge in [-0.15, -0.1) is 0 Å². The normalized spacial score (nSPS) is 13.6. The van der Waals surface area contributed by atoms with E-state index in [1.807, 2.05) is 6.07 Å². The number of aromatic nitrogens is 2. The van der Waals surface area contributed by atoms with Crippen molar-refractivity contribution in [3.05, 3.63) is 71.9 Å². The van der Waals surface area contributed by atoms with Crippen LogP contribution in [0.25, 0.3) is 0 Å². The summed E-state index contributed by atoms with van der Waals surface area (Å²) in [5, 5.41) is 6.65. The Morgan fingerprint density at radius 1 is 1.00 bits per heavy atom. The molecule has 0 spiro atoms. The van der Waals surface area contributed by atoms with E-state index >= 15 is 0 Å². The summed E-state index contributed by atoms with van der Waals surface area (Å²) in [6.07, 6.45) is 4.35. The average Bonchev–Trinajstić information content (AvgIpc) is 3.22. The fourth-order valence-corrected chi connectivity index (χ4v) is 3.39. The van der Waals surface area contributed by atoms with Gasteiger partial charge < -0.3 is 15.5 Å². The fraction of sp³-hybridized carbons (Fsp3) is 0.273. The molecule has 0 bridgehead atoms. The van der Waals surface area contributed by atoms with Gasteiger partial charge >= 0.3 is 0 Å². The molecule has 0 aliphatic carbocycles. The largest absolute Gasteiger partial charge is 0.372 e. The topological polar surface area (TPSA) is 53.1 Å². The Labute approximate surface area is 160 Å². The number of rotatable bonds is 6. The quantitative estimate of drug-likeness (QED) is 0.666. The Bertz CT molecular complexity index is 885. The molecule has 1 aliphatic rings. The third kappa shape index (κ3) is 4.56. The van der Waals surface area contributed by atoms with Crippen molar-refractivity contribution in [2.45, 2.75) is 26.3 Å². The molecule has 1 saturated heterocycles. The third-order valence-corrected chi connectivity index (χ3v) is 4.81. The smallest absolute Gasteiger partial charge is 0.229 e. The molecule has 4 rings (SSSR count). The van der Waals surface area contributed by atoms with Gasteiger partial charge in [-0.1, -0.05) is 29.8 Å². The maximum atomic E-state index is 4.56. The van der Waals surface area contributed by atoms with Crippen LogP contribution in [0.1, 0.15) is 24.0 Å². The van der Waals surface area contributed by atoms with Crippen molar-refractivity contribution in [1.82, 2.24) is 9.97 Å². The van der Waals surface area contributed by atoms with E-state index in [2.05, 4.69) is 81.0 Å². The molecule has 2 N–H and O–H groups in total. The van der Waals surface area contributed by atoms with Crippen molar-refractivity contribution in [1.29, 1.82) is 0 Å². The number of hydrogen-bond acceptors (Lipinski definition) is 5. The Kier molecular flexibility index (Phi) is 5.19. The summed E-state index contributed by atoms with van der Waals surface area (Å²) in [7, 11) is 0. The number of aryl methyl sites for hydroxylation is 1. The molecule has 2 aromatic carbocycles. The monoisotopic (exact) mass is 359 g/mol. The highest BCUT2D eigenvalue weighted by molar-refractivity contribution is 5.60.